The summed E-state index contributed by atoms with van der Waals surface area (Å²) < 4.78 is 19.5. The van der Waals surface area contributed by atoms with Gasteiger partial charge in [-0.25, -0.2) is 14.4 Å². The molecule has 8 heteroatoms. The Kier molecular flexibility index (Phi) is 6.00. The van der Waals surface area contributed by atoms with Gasteiger partial charge in [0.1, 0.15) is 11.6 Å². The molecule has 1 atom stereocenters. The van der Waals surface area contributed by atoms with Crippen LogP contribution in [0.15, 0.2) is 58.7 Å². The third-order valence-electron chi connectivity index (χ3n) is 5.88. The number of oxazole rings is 1. The molecule has 0 radical (unpaired) electrons. The van der Waals surface area contributed by atoms with E-state index in [1.807, 2.05) is 24.0 Å². The van der Waals surface area contributed by atoms with E-state index in [-0.39, 0.29) is 17.6 Å². The third kappa shape index (κ3) is 4.71. The second kappa shape index (κ2) is 9.23. The molecule has 1 aliphatic heterocycles. The quantitative estimate of drug-likeness (QED) is 0.405. The first-order valence-electron chi connectivity index (χ1n) is 10.9. The first-order chi connectivity index (χ1) is 16.1. The Labute approximate surface area is 195 Å². The number of pyridine rings is 1. The minimum absolute atomic E-state index is 0.0166. The number of hydrogen-bond acceptors (Lipinski definition) is 6. The summed E-state index contributed by atoms with van der Waals surface area (Å²) >= 11 is 1.52. The zero-order valence-electron chi connectivity index (χ0n) is 18.2. The Morgan fingerprint density at radius 1 is 1.24 bits per heavy atom. The van der Waals surface area contributed by atoms with Gasteiger partial charge in [-0.15, -0.1) is 11.3 Å². The van der Waals surface area contributed by atoms with E-state index in [2.05, 4.69) is 15.0 Å². The standard InChI is InChI=1S/C25H23FN4O2S/c1-16-23(33-15-29-16)22-12-18(7-8-27-22)25(31)30-9-3-5-19(14-30)24-28-13-21(32-24)11-17-4-2-6-20(26)10-17/h2,4,6-8,10,12-13,15,19H,3,5,9,11,14H2,1H3. The van der Waals surface area contributed by atoms with Gasteiger partial charge < -0.3 is 9.32 Å². The van der Waals surface area contributed by atoms with E-state index in [9.17, 15) is 9.18 Å². The average Bonchev–Trinajstić information content (AvgIpc) is 3.48. The number of aryl methyl sites for hydroxylation is 1. The van der Waals surface area contributed by atoms with Crippen molar-refractivity contribution < 1.29 is 13.6 Å². The number of aromatic nitrogens is 3. The fraction of sp³-hybridized carbons (Fsp3) is 0.280. The van der Waals surface area contributed by atoms with E-state index in [0.717, 1.165) is 34.7 Å². The Hall–Kier alpha value is -3.39. The van der Waals surface area contributed by atoms with Crippen LogP contribution in [0.2, 0.25) is 0 Å². The molecule has 1 amide bonds. The number of benzene rings is 1. The maximum atomic E-state index is 13.5. The van der Waals surface area contributed by atoms with Crippen molar-refractivity contribution in [3.63, 3.8) is 0 Å². The number of nitrogens with zero attached hydrogens (tertiary/aromatic N) is 4. The number of likely N-dealkylation sites (tertiary alicyclic amines) is 1. The van der Waals surface area contributed by atoms with Crippen LogP contribution in [0.4, 0.5) is 4.39 Å². The van der Waals surface area contributed by atoms with Gasteiger partial charge in [0.25, 0.3) is 5.91 Å². The summed E-state index contributed by atoms with van der Waals surface area (Å²) in [5, 5.41) is 0. The molecule has 1 fully saturated rings. The third-order valence-corrected chi connectivity index (χ3v) is 6.83. The molecule has 0 saturated carbocycles. The van der Waals surface area contributed by atoms with E-state index < -0.39 is 0 Å². The van der Waals surface area contributed by atoms with Gasteiger partial charge in [0, 0.05) is 31.3 Å². The summed E-state index contributed by atoms with van der Waals surface area (Å²) in [4.78, 5) is 29.3. The van der Waals surface area contributed by atoms with Crippen LogP contribution in [0.3, 0.4) is 0 Å². The number of hydrogen-bond donors (Lipinski definition) is 0. The minimum Gasteiger partial charge on any atom is -0.445 e. The van der Waals surface area contributed by atoms with Crippen molar-refractivity contribution in [3.05, 3.63) is 88.6 Å². The molecule has 0 spiro atoms. The van der Waals surface area contributed by atoms with Gasteiger partial charge >= 0.3 is 0 Å². The molecule has 1 saturated heterocycles. The summed E-state index contributed by atoms with van der Waals surface area (Å²) in [6, 6.07) is 10.1. The molecule has 1 unspecified atom stereocenters. The van der Waals surface area contributed by atoms with Crippen LogP contribution in [0.5, 0.6) is 0 Å². The fourth-order valence-corrected chi connectivity index (χ4v) is 4.99. The number of carbonyl (C=O) groups is 1. The highest BCUT2D eigenvalue weighted by Gasteiger charge is 2.28. The molecule has 3 aromatic heterocycles. The normalized spacial score (nSPS) is 16.2. The zero-order valence-corrected chi connectivity index (χ0v) is 19.0. The topological polar surface area (TPSA) is 72.1 Å². The molecule has 4 heterocycles. The van der Waals surface area contributed by atoms with E-state index in [1.54, 1.807) is 30.0 Å². The predicted octanol–water partition coefficient (Wildman–Crippen LogP) is 5.25. The monoisotopic (exact) mass is 462 g/mol. The Bertz CT molecular complexity index is 1280. The van der Waals surface area contributed by atoms with Crippen LogP contribution in [-0.2, 0) is 6.42 Å². The highest BCUT2D eigenvalue weighted by Crippen LogP contribution is 2.30. The van der Waals surface area contributed by atoms with Crippen molar-refractivity contribution in [2.75, 3.05) is 13.1 Å². The number of amides is 1. The van der Waals surface area contributed by atoms with Crippen LogP contribution in [0.1, 0.15) is 52.0 Å². The Morgan fingerprint density at radius 2 is 2.15 bits per heavy atom. The molecule has 168 valence electrons. The van der Waals surface area contributed by atoms with Gasteiger partial charge in [0.05, 0.1) is 33.9 Å². The van der Waals surface area contributed by atoms with Crippen molar-refractivity contribution in [3.8, 4) is 10.6 Å². The second-order valence-electron chi connectivity index (χ2n) is 8.26. The van der Waals surface area contributed by atoms with Gasteiger partial charge in [-0.2, -0.15) is 0 Å². The first-order valence-corrected chi connectivity index (χ1v) is 11.8. The Morgan fingerprint density at radius 3 is 2.97 bits per heavy atom. The molecule has 0 bridgehead atoms. The van der Waals surface area contributed by atoms with Gasteiger partial charge in [-0.05, 0) is 49.6 Å². The average molecular weight is 463 g/mol. The molecule has 0 aliphatic carbocycles. The van der Waals surface area contributed by atoms with Crippen molar-refractivity contribution in [1.82, 2.24) is 19.9 Å². The first kappa shape index (κ1) is 21.5. The lowest BCUT2D eigenvalue weighted by Gasteiger charge is -2.31. The summed E-state index contributed by atoms with van der Waals surface area (Å²) in [5.74, 6) is 1.08. The molecular formula is C25H23FN4O2S. The fourth-order valence-electron chi connectivity index (χ4n) is 4.22. The maximum absolute atomic E-state index is 13.5. The lowest BCUT2D eigenvalue weighted by Crippen LogP contribution is -2.39. The smallest absolute Gasteiger partial charge is 0.254 e. The van der Waals surface area contributed by atoms with Crippen molar-refractivity contribution in [2.24, 2.45) is 0 Å². The van der Waals surface area contributed by atoms with Crippen LogP contribution in [-0.4, -0.2) is 38.8 Å². The number of carbonyl (C=O) groups excluding carboxylic acids is 1. The van der Waals surface area contributed by atoms with Crippen LogP contribution >= 0.6 is 11.3 Å². The minimum atomic E-state index is -0.265. The Balaban J connectivity index is 1.29. The number of rotatable bonds is 5. The summed E-state index contributed by atoms with van der Waals surface area (Å²) in [7, 11) is 0. The SMILES string of the molecule is Cc1ncsc1-c1cc(C(=O)N2CCCC(c3ncc(Cc4cccc(F)c4)o3)C2)ccn1. The van der Waals surface area contributed by atoms with E-state index in [0.29, 0.717) is 36.7 Å². The molecule has 0 N–H and O–H groups in total. The summed E-state index contributed by atoms with van der Waals surface area (Å²) in [5.41, 5.74) is 4.92. The molecular weight excluding hydrogens is 439 g/mol. The highest BCUT2D eigenvalue weighted by atomic mass is 32.1. The lowest BCUT2D eigenvalue weighted by atomic mass is 9.97. The van der Waals surface area contributed by atoms with Crippen LogP contribution in [0.25, 0.3) is 10.6 Å². The van der Waals surface area contributed by atoms with E-state index in [4.69, 9.17) is 4.42 Å². The molecule has 4 aromatic rings. The summed E-state index contributed by atoms with van der Waals surface area (Å²) in [6.07, 6.45) is 5.65. The van der Waals surface area contributed by atoms with Gasteiger partial charge in [0.15, 0.2) is 5.89 Å². The molecule has 1 aromatic carbocycles. The molecule has 33 heavy (non-hydrogen) atoms. The largest absolute Gasteiger partial charge is 0.445 e. The zero-order chi connectivity index (χ0) is 22.8. The number of piperidine rings is 1. The molecule has 1 aliphatic rings. The second-order valence-corrected chi connectivity index (χ2v) is 9.11. The molecule has 5 rings (SSSR count). The summed E-state index contributed by atoms with van der Waals surface area (Å²) in [6.45, 7) is 3.19. The van der Waals surface area contributed by atoms with Gasteiger partial charge in [-0.1, -0.05) is 12.1 Å². The number of thiazole rings is 1. The van der Waals surface area contributed by atoms with Crippen molar-refractivity contribution >= 4 is 17.2 Å². The van der Waals surface area contributed by atoms with Gasteiger partial charge in [0.2, 0.25) is 0 Å². The maximum Gasteiger partial charge on any atom is 0.254 e. The van der Waals surface area contributed by atoms with E-state index in [1.165, 1.54) is 23.5 Å². The number of halogens is 1. The van der Waals surface area contributed by atoms with Crippen LogP contribution < -0.4 is 0 Å². The predicted molar refractivity (Wildman–Crippen MR) is 124 cm³/mol. The van der Waals surface area contributed by atoms with Gasteiger partial charge in [-0.3, -0.25) is 9.78 Å². The van der Waals surface area contributed by atoms with Crippen LogP contribution in [0, 0.1) is 12.7 Å². The van der Waals surface area contributed by atoms with E-state index >= 15 is 0 Å². The molecule has 6 nitrogen and oxygen atoms in total. The van der Waals surface area contributed by atoms with Crippen molar-refractivity contribution in [2.45, 2.75) is 32.1 Å². The van der Waals surface area contributed by atoms with Crippen molar-refractivity contribution in [1.29, 1.82) is 0 Å². The lowest BCUT2D eigenvalue weighted by molar-refractivity contribution is 0.0698. The highest BCUT2D eigenvalue weighted by molar-refractivity contribution is 7.13.